The van der Waals surface area contributed by atoms with E-state index in [1.54, 1.807) is 23.1 Å². The van der Waals surface area contributed by atoms with Gasteiger partial charge in [-0.25, -0.2) is 4.79 Å². The van der Waals surface area contributed by atoms with Crippen molar-refractivity contribution in [2.75, 3.05) is 18.4 Å². The van der Waals surface area contributed by atoms with Gasteiger partial charge in [-0.3, -0.25) is 0 Å². The van der Waals surface area contributed by atoms with Gasteiger partial charge in [0.2, 0.25) is 0 Å². The Morgan fingerprint density at radius 2 is 1.87 bits per heavy atom. The first-order valence-electron chi connectivity index (χ1n) is 9.71. The average Bonchev–Trinajstić information content (AvgIpc) is 2.70. The first-order chi connectivity index (χ1) is 14.6. The number of para-hydroxylation sites is 1. The van der Waals surface area contributed by atoms with Gasteiger partial charge in [-0.1, -0.05) is 23.7 Å². The van der Waals surface area contributed by atoms with Crippen molar-refractivity contribution >= 4 is 23.3 Å². The molecule has 0 saturated carbocycles. The van der Waals surface area contributed by atoms with Crippen molar-refractivity contribution in [3.8, 4) is 11.5 Å². The van der Waals surface area contributed by atoms with Gasteiger partial charge in [-0.2, -0.15) is 0 Å². The molecule has 2 aromatic rings. The summed E-state index contributed by atoms with van der Waals surface area (Å²) in [6.07, 6.45) is -4.02. The lowest BCUT2D eigenvalue weighted by Crippen LogP contribution is -2.52. The number of piperidine rings is 1. The van der Waals surface area contributed by atoms with Crippen LogP contribution in [0.5, 0.6) is 11.5 Å². The van der Waals surface area contributed by atoms with E-state index in [9.17, 15) is 23.1 Å². The third-order valence-electron chi connectivity index (χ3n) is 5.54. The molecule has 0 aliphatic carbocycles. The SMILES string of the molecule is O=C(Nc1ccc(OC(F)(F)F)cc1)N1CCC2(CC1)CC(O)c1cccc(Cl)c1O2. The van der Waals surface area contributed by atoms with Crippen LogP contribution in [0.2, 0.25) is 5.02 Å². The van der Waals surface area contributed by atoms with Crippen LogP contribution >= 0.6 is 11.6 Å². The quantitative estimate of drug-likeness (QED) is 0.658. The van der Waals surface area contributed by atoms with Crippen molar-refractivity contribution in [3.05, 3.63) is 53.1 Å². The number of likely N-dealkylation sites (tertiary alicyclic amines) is 1. The van der Waals surface area contributed by atoms with Crippen molar-refractivity contribution in [1.29, 1.82) is 0 Å². The van der Waals surface area contributed by atoms with Crippen LogP contribution in [-0.2, 0) is 0 Å². The number of nitrogens with one attached hydrogen (secondary N) is 1. The number of urea groups is 1. The predicted octanol–water partition coefficient (Wildman–Crippen LogP) is 5.12. The highest BCUT2D eigenvalue weighted by Crippen LogP contribution is 2.47. The molecule has 10 heteroatoms. The second-order valence-electron chi connectivity index (χ2n) is 7.65. The van der Waals surface area contributed by atoms with E-state index in [0.717, 1.165) is 12.1 Å². The zero-order valence-electron chi connectivity index (χ0n) is 16.3. The van der Waals surface area contributed by atoms with Crippen molar-refractivity contribution in [2.24, 2.45) is 0 Å². The number of amides is 2. The Balaban J connectivity index is 1.36. The van der Waals surface area contributed by atoms with Crippen molar-refractivity contribution in [3.63, 3.8) is 0 Å². The lowest BCUT2D eigenvalue weighted by atomic mass is 9.82. The number of halogens is 4. The smallest absolute Gasteiger partial charge is 0.485 e. The van der Waals surface area contributed by atoms with Gasteiger partial charge in [0.1, 0.15) is 17.1 Å². The Hall–Kier alpha value is -2.65. The van der Waals surface area contributed by atoms with E-state index < -0.39 is 18.1 Å². The summed E-state index contributed by atoms with van der Waals surface area (Å²) in [6.45, 7) is 0.793. The number of fused-ring (bicyclic) bond motifs is 1. The summed E-state index contributed by atoms with van der Waals surface area (Å²) >= 11 is 6.24. The standard InChI is InChI=1S/C21H20ClF3N2O4/c22-16-3-1-2-15-17(28)12-20(31-18(15)16)8-10-27(11-9-20)19(29)26-13-4-6-14(7-5-13)30-21(23,24)25/h1-7,17,28H,8-12H2,(H,26,29). The van der Waals surface area contributed by atoms with Gasteiger partial charge in [0.25, 0.3) is 0 Å². The molecule has 1 atom stereocenters. The van der Waals surface area contributed by atoms with Crippen LogP contribution < -0.4 is 14.8 Å². The summed E-state index contributed by atoms with van der Waals surface area (Å²) < 4.78 is 46.7. The largest absolute Gasteiger partial charge is 0.573 e. The molecule has 1 unspecified atom stereocenters. The van der Waals surface area contributed by atoms with E-state index in [-0.39, 0.29) is 11.8 Å². The lowest BCUT2D eigenvalue weighted by Gasteiger charge is -2.46. The van der Waals surface area contributed by atoms with E-state index in [4.69, 9.17) is 16.3 Å². The molecule has 166 valence electrons. The molecular formula is C21H20ClF3N2O4. The lowest BCUT2D eigenvalue weighted by molar-refractivity contribution is -0.274. The first-order valence-corrected chi connectivity index (χ1v) is 10.1. The molecule has 0 bridgehead atoms. The number of benzene rings is 2. The molecule has 31 heavy (non-hydrogen) atoms. The van der Waals surface area contributed by atoms with Crippen molar-refractivity contribution in [2.45, 2.75) is 37.3 Å². The van der Waals surface area contributed by atoms with Crippen LogP contribution in [0.25, 0.3) is 0 Å². The highest BCUT2D eigenvalue weighted by Gasteiger charge is 2.44. The first kappa shape index (κ1) is 21.6. The molecule has 1 spiro atoms. The fourth-order valence-electron chi connectivity index (χ4n) is 3.98. The Morgan fingerprint density at radius 3 is 2.52 bits per heavy atom. The maximum atomic E-state index is 12.6. The summed E-state index contributed by atoms with van der Waals surface area (Å²) in [5, 5.41) is 13.7. The molecule has 0 aromatic heterocycles. The molecule has 2 aliphatic heterocycles. The summed E-state index contributed by atoms with van der Waals surface area (Å²) in [7, 11) is 0. The molecule has 2 heterocycles. The van der Waals surface area contributed by atoms with Gasteiger partial charge in [0, 0.05) is 43.6 Å². The molecule has 2 aromatic carbocycles. The molecular weight excluding hydrogens is 437 g/mol. The summed E-state index contributed by atoms with van der Waals surface area (Å²) in [4.78, 5) is 14.2. The van der Waals surface area contributed by atoms with Crippen molar-refractivity contribution < 1.29 is 32.5 Å². The fraction of sp³-hybridized carbons (Fsp3) is 0.381. The van der Waals surface area contributed by atoms with Crippen LogP contribution in [0.15, 0.2) is 42.5 Å². The highest BCUT2D eigenvalue weighted by molar-refractivity contribution is 6.32. The number of anilines is 1. The minimum Gasteiger partial charge on any atom is -0.485 e. The summed E-state index contributed by atoms with van der Waals surface area (Å²) in [5.74, 6) is 0.124. The predicted molar refractivity (Wildman–Crippen MR) is 107 cm³/mol. The van der Waals surface area contributed by atoms with E-state index in [1.165, 1.54) is 12.1 Å². The number of ether oxygens (including phenoxy) is 2. The maximum absolute atomic E-state index is 12.6. The number of hydrogen-bond donors (Lipinski definition) is 2. The zero-order valence-corrected chi connectivity index (χ0v) is 17.0. The number of nitrogens with zero attached hydrogens (tertiary/aromatic N) is 1. The average molecular weight is 457 g/mol. The third-order valence-corrected chi connectivity index (χ3v) is 5.84. The number of rotatable bonds is 2. The Kier molecular flexibility index (Phi) is 5.65. The monoisotopic (exact) mass is 456 g/mol. The van der Waals surface area contributed by atoms with Crippen molar-refractivity contribution in [1.82, 2.24) is 4.90 Å². The molecule has 2 N–H and O–H groups in total. The second-order valence-corrected chi connectivity index (χ2v) is 8.06. The fourth-order valence-corrected chi connectivity index (χ4v) is 4.20. The van der Waals surface area contributed by atoms with E-state index >= 15 is 0 Å². The second kappa shape index (κ2) is 8.12. The third kappa shape index (κ3) is 4.83. The van der Waals surface area contributed by atoms with Crippen LogP contribution in [-0.4, -0.2) is 41.1 Å². The van der Waals surface area contributed by atoms with Crippen LogP contribution in [0, 0.1) is 0 Å². The zero-order chi connectivity index (χ0) is 22.2. The maximum Gasteiger partial charge on any atom is 0.573 e. The molecule has 0 radical (unpaired) electrons. The topological polar surface area (TPSA) is 71.0 Å². The minimum absolute atomic E-state index is 0.352. The van der Waals surface area contributed by atoms with Gasteiger partial charge < -0.3 is 24.8 Å². The van der Waals surface area contributed by atoms with E-state index in [1.807, 2.05) is 0 Å². The number of carbonyl (C=O) groups is 1. The van der Waals surface area contributed by atoms with Crippen LogP contribution in [0.1, 0.15) is 30.9 Å². The number of hydrogen-bond acceptors (Lipinski definition) is 4. The Labute approximate surface area is 181 Å². The van der Waals surface area contributed by atoms with Crippen LogP contribution in [0.3, 0.4) is 0 Å². The molecule has 4 rings (SSSR count). The van der Waals surface area contributed by atoms with Gasteiger partial charge in [-0.05, 0) is 30.3 Å². The summed E-state index contributed by atoms with van der Waals surface area (Å²) in [6, 6.07) is 9.83. The highest BCUT2D eigenvalue weighted by atomic mass is 35.5. The van der Waals surface area contributed by atoms with E-state index in [0.29, 0.717) is 54.4 Å². The Morgan fingerprint density at radius 1 is 1.19 bits per heavy atom. The van der Waals surface area contributed by atoms with Gasteiger partial charge >= 0.3 is 12.4 Å². The minimum atomic E-state index is -4.77. The van der Waals surface area contributed by atoms with Crippen LogP contribution in [0.4, 0.5) is 23.7 Å². The molecule has 2 amide bonds. The molecule has 6 nitrogen and oxygen atoms in total. The molecule has 2 aliphatic rings. The molecule has 1 saturated heterocycles. The van der Waals surface area contributed by atoms with Gasteiger partial charge in [-0.15, -0.1) is 13.2 Å². The number of aliphatic hydroxyl groups excluding tert-OH is 1. The number of carbonyl (C=O) groups excluding carboxylic acids is 1. The van der Waals surface area contributed by atoms with Gasteiger partial charge in [0.15, 0.2) is 0 Å². The normalized spacial score (nSPS) is 20.0. The number of alkyl halides is 3. The number of aliphatic hydroxyl groups is 1. The van der Waals surface area contributed by atoms with Gasteiger partial charge in [0.05, 0.1) is 11.1 Å². The summed E-state index contributed by atoms with van der Waals surface area (Å²) in [5.41, 5.74) is 0.409. The Bertz CT molecular complexity index is 960. The van der Waals surface area contributed by atoms with E-state index in [2.05, 4.69) is 10.1 Å². The molecule has 1 fully saturated rings.